The Labute approximate surface area is 73.5 Å². The minimum atomic E-state index is -0.657. The van der Waals surface area contributed by atoms with E-state index < -0.39 is 6.10 Å². The first-order chi connectivity index (χ1) is 5.70. The van der Waals surface area contributed by atoms with Crippen LogP contribution in [0.1, 0.15) is 13.3 Å². The summed E-state index contributed by atoms with van der Waals surface area (Å²) in [4.78, 5) is 0. The van der Waals surface area contributed by atoms with Crippen molar-refractivity contribution in [2.24, 2.45) is 0 Å². The molecule has 0 aliphatic carbocycles. The Hall–Kier alpha value is -0.160. The Kier molecular flexibility index (Phi) is 7.39. The Morgan fingerprint density at radius 2 is 2.17 bits per heavy atom. The van der Waals surface area contributed by atoms with E-state index in [4.69, 9.17) is 14.9 Å². The average Bonchev–Trinajstić information content (AvgIpc) is 2.10. The van der Waals surface area contributed by atoms with E-state index in [2.05, 4.69) is 5.32 Å². The molecule has 0 rings (SSSR count). The van der Waals surface area contributed by atoms with Crippen molar-refractivity contribution in [1.29, 1.82) is 0 Å². The summed E-state index contributed by atoms with van der Waals surface area (Å²) in [6.07, 6.45) is 0.254. The second kappa shape index (κ2) is 7.49. The van der Waals surface area contributed by atoms with Crippen molar-refractivity contribution in [3.05, 3.63) is 0 Å². The molecule has 0 saturated heterocycles. The highest BCUT2D eigenvalue weighted by molar-refractivity contribution is 4.63. The Morgan fingerprint density at radius 3 is 2.67 bits per heavy atom. The number of hydrogen-bond acceptors (Lipinski definition) is 4. The van der Waals surface area contributed by atoms with Crippen LogP contribution in [0.5, 0.6) is 0 Å². The molecule has 0 saturated carbocycles. The molecule has 0 aromatic heterocycles. The summed E-state index contributed by atoms with van der Waals surface area (Å²) in [6, 6.07) is 0.311. The molecule has 4 heteroatoms. The fraction of sp³-hybridized carbons (Fsp3) is 1.00. The second-order valence-corrected chi connectivity index (χ2v) is 2.93. The Bertz CT molecular complexity index is 100. The summed E-state index contributed by atoms with van der Waals surface area (Å²) in [5, 5.41) is 20.6. The number of aliphatic hydroxyl groups excluding tert-OH is 2. The molecule has 12 heavy (non-hydrogen) atoms. The van der Waals surface area contributed by atoms with Gasteiger partial charge in [-0.3, -0.25) is 0 Å². The maximum absolute atomic E-state index is 8.99. The smallest absolute Gasteiger partial charge is 0.0895 e. The molecule has 0 aromatic rings. The van der Waals surface area contributed by atoms with Crippen LogP contribution in [0.2, 0.25) is 0 Å². The molecule has 0 aliphatic rings. The third kappa shape index (κ3) is 6.54. The van der Waals surface area contributed by atoms with E-state index in [-0.39, 0.29) is 6.61 Å². The largest absolute Gasteiger partial charge is 0.394 e. The number of aliphatic hydroxyl groups is 2. The van der Waals surface area contributed by atoms with E-state index >= 15 is 0 Å². The number of hydrogen-bond donors (Lipinski definition) is 3. The topological polar surface area (TPSA) is 61.7 Å². The molecule has 0 heterocycles. The predicted molar refractivity (Wildman–Crippen MR) is 47.1 cm³/mol. The molecule has 2 atom stereocenters. The van der Waals surface area contributed by atoms with Crippen molar-refractivity contribution in [3.63, 3.8) is 0 Å². The fourth-order valence-electron chi connectivity index (χ4n) is 0.798. The van der Waals surface area contributed by atoms with E-state index in [1.165, 1.54) is 0 Å². The van der Waals surface area contributed by atoms with E-state index in [1.54, 1.807) is 7.11 Å². The lowest BCUT2D eigenvalue weighted by Gasteiger charge is -2.15. The van der Waals surface area contributed by atoms with Gasteiger partial charge in [0.2, 0.25) is 0 Å². The second-order valence-electron chi connectivity index (χ2n) is 2.93. The summed E-state index contributed by atoms with van der Waals surface area (Å²) < 4.78 is 4.89. The SMILES string of the molecule is COCCC(C)NCC(O)CO. The van der Waals surface area contributed by atoms with Crippen molar-refractivity contribution in [1.82, 2.24) is 5.32 Å². The molecule has 0 radical (unpaired) electrons. The summed E-state index contributed by atoms with van der Waals surface area (Å²) in [6.45, 7) is 2.97. The van der Waals surface area contributed by atoms with Gasteiger partial charge in [-0.15, -0.1) is 0 Å². The summed E-state index contributed by atoms with van der Waals surface area (Å²) >= 11 is 0. The highest BCUT2D eigenvalue weighted by Crippen LogP contribution is 1.90. The minimum Gasteiger partial charge on any atom is -0.394 e. The van der Waals surface area contributed by atoms with Gasteiger partial charge in [-0.1, -0.05) is 0 Å². The van der Waals surface area contributed by atoms with E-state index in [0.717, 1.165) is 6.42 Å². The zero-order valence-corrected chi connectivity index (χ0v) is 7.79. The van der Waals surface area contributed by atoms with Gasteiger partial charge in [0.05, 0.1) is 12.7 Å². The third-order valence-electron chi connectivity index (χ3n) is 1.67. The van der Waals surface area contributed by atoms with Crippen molar-refractivity contribution < 1.29 is 14.9 Å². The molecule has 0 aliphatic heterocycles. The molecular weight excluding hydrogens is 158 g/mol. The lowest BCUT2D eigenvalue weighted by atomic mass is 10.2. The first-order valence-electron chi connectivity index (χ1n) is 4.22. The maximum Gasteiger partial charge on any atom is 0.0895 e. The van der Waals surface area contributed by atoms with Gasteiger partial charge in [0.1, 0.15) is 0 Å². The molecule has 0 bridgehead atoms. The summed E-state index contributed by atoms with van der Waals surface area (Å²) in [5.41, 5.74) is 0. The van der Waals surface area contributed by atoms with Crippen LogP contribution in [0.4, 0.5) is 0 Å². The summed E-state index contributed by atoms with van der Waals surface area (Å²) in [5.74, 6) is 0. The van der Waals surface area contributed by atoms with Crippen molar-refractivity contribution in [3.8, 4) is 0 Å². The van der Waals surface area contributed by atoms with E-state index in [1.807, 2.05) is 6.92 Å². The fourth-order valence-corrected chi connectivity index (χ4v) is 0.798. The van der Waals surface area contributed by atoms with Crippen LogP contribution in [-0.4, -0.2) is 49.2 Å². The maximum atomic E-state index is 8.99. The van der Waals surface area contributed by atoms with Crippen molar-refractivity contribution in [2.45, 2.75) is 25.5 Å². The van der Waals surface area contributed by atoms with Crippen LogP contribution in [0.25, 0.3) is 0 Å². The standard InChI is InChI=1S/C8H19NO3/c1-7(3-4-12-2)9-5-8(11)6-10/h7-11H,3-6H2,1-2H3. The number of nitrogens with one attached hydrogen (secondary N) is 1. The summed E-state index contributed by atoms with van der Waals surface area (Å²) in [7, 11) is 1.66. The highest BCUT2D eigenvalue weighted by Gasteiger charge is 2.04. The van der Waals surface area contributed by atoms with Crippen LogP contribution < -0.4 is 5.32 Å². The van der Waals surface area contributed by atoms with Gasteiger partial charge in [-0.2, -0.15) is 0 Å². The van der Waals surface area contributed by atoms with Crippen molar-refractivity contribution >= 4 is 0 Å². The molecular formula is C8H19NO3. The Balaban J connectivity index is 3.24. The third-order valence-corrected chi connectivity index (χ3v) is 1.67. The number of rotatable bonds is 7. The zero-order valence-electron chi connectivity index (χ0n) is 7.79. The van der Waals surface area contributed by atoms with E-state index in [9.17, 15) is 0 Å². The minimum absolute atomic E-state index is 0.190. The van der Waals surface area contributed by atoms with Crippen LogP contribution in [0, 0.1) is 0 Å². The lowest BCUT2D eigenvalue weighted by Crippen LogP contribution is -2.35. The normalized spacial score (nSPS) is 16.0. The molecule has 74 valence electrons. The quantitative estimate of drug-likeness (QED) is 0.484. The lowest BCUT2D eigenvalue weighted by molar-refractivity contribution is 0.0906. The molecule has 0 spiro atoms. The molecule has 2 unspecified atom stereocenters. The van der Waals surface area contributed by atoms with Gasteiger partial charge in [0, 0.05) is 26.3 Å². The van der Waals surface area contributed by atoms with Gasteiger partial charge < -0.3 is 20.3 Å². The Morgan fingerprint density at radius 1 is 1.50 bits per heavy atom. The predicted octanol–water partition coefficient (Wildman–Crippen LogP) is -0.646. The highest BCUT2D eigenvalue weighted by atomic mass is 16.5. The average molecular weight is 177 g/mol. The number of methoxy groups -OCH3 is 1. The van der Waals surface area contributed by atoms with Gasteiger partial charge >= 0.3 is 0 Å². The van der Waals surface area contributed by atoms with Crippen LogP contribution in [-0.2, 0) is 4.74 Å². The zero-order chi connectivity index (χ0) is 9.40. The molecule has 0 fully saturated rings. The molecule has 0 amide bonds. The van der Waals surface area contributed by atoms with Crippen LogP contribution >= 0.6 is 0 Å². The first kappa shape index (κ1) is 11.8. The monoisotopic (exact) mass is 177 g/mol. The van der Waals surface area contributed by atoms with Crippen molar-refractivity contribution in [2.75, 3.05) is 26.9 Å². The van der Waals surface area contributed by atoms with Gasteiger partial charge in [0.25, 0.3) is 0 Å². The van der Waals surface area contributed by atoms with E-state index in [0.29, 0.717) is 19.2 Å². The number of ether oxygens (including phenoxy) is 1. The first-order valence-corrected chi connectivity index (χ1v) is 4.22. The molecule has 4 nitrogen and oxygen atoms in total. The van der Waals surface area contributed by atoms with Gasteiger partial charge in [-0.05, 0) is 13.3 Å². The molecule has 0 aromatic carbocycles. The molecule has 3 N–H and O–H groups in total. The van der Waals surface area contributed by atoms with Gasteiger partial charge in [0.15, 0.2) is 0 Å². The van der Waals surface area contributed by atoms with Crippen LogP contribution in [0.3, 0.4) is 0 Å². The van der Waals surface area contributed by atoms with Crippen LogP contribution in [0.15, 0.2) is 0 Å². The van der Waals surface area contributed by atoms with Gasteiger partial charge in [-0.25, -0.2) is 0 Å².